The molecule has 0 saturated heterocycles. The summed E-state index contributed by atoms with van der Waals surface area (Å²) < 4.78 is 0. The Balaban J connectivity index is 1.79. The Morgan fingerprint density at radius 3 is 2.14 bits per heavy atom. The Morgan fingerprint density at radius 1 is 0.931 bits per heavy atom. The van der Waals surface area contributed by atoms with Crippen LogP contribution in [0.4, 0.5) is 0 Å². The van der Waals surface area contributed by atoms with Crippen molar-refractivity contribution in [2.45, 2.75) is 26.8 Å². The summed E-state index contributed by atoms with van der Waals surface area (Å²) in [4.78, 5) is 26.5. The number of nitrogens with one attached hydrogen (secondary N) is 2. The molecule has 4 nitrogen and oxygen atoms in total. The van der Waals surface area contributed by atoms with Gasteiger partial charge in [0.1, 0.15) is 5.70 Å². The van der Waals surface area contributed by atoms with Crippen LogP contribution in [0.3, 0.4) is 0 Å². The summed E-state index contributed by atoms with van der Waals surface area (Å²) in [5.74, 6) is -0.641. The first-order valence-corrected chi connectivity index (χ1v) is 10.3. The Labute approximate surface area is 175 Å². The predicted molar refractivity (Wildman–Crippen MR) is 119 cm³/mol. The van der Waals surface area contributed by atoms with Crippen molar-refractivity contribution < 1.29 is 9.59 Å². The molecule has 0 aliphatic heterocycles. The Kier molecular flexibility index (Phi) is 6.62. The zero-order chi connectivity index (χ0) is 20.8. The van der Waals surface area contributed by atoms with Crippen molar-refractivity contribution in [2.75, 3.05) is 0 Å². The number of aryl methyl sites for hydroxylation is 2. The van der Waals surface area contributed by atoms with Crippen molar-refractivity contribution in [3.63, 3.8) is 0 Å². The standard InChI is InChI=1S/C24H24N2O2S/c1-16-6-10-19(11-7-16)18(3)25-24(28)22(15-21-5-4-14-29-21)26-23(27)20-12-8-17(2)9-13-20/h4-15,18H,1-3H3,(H,25,28)(H,26,27)/b22-15-. The van der Waals surface area contributed by atoms with Gasteiger partial charge in [-0.15, -0.1) is 11.3 Å². The maximum absolute atomic E-state index is 13.0. The molecule has 29 heavy (non-hydrogen) atoms. The van der Waals surface area contributed by atoms with Gasteiger partial charge in [0.2, 0.25) is 0 Å². The predicted octanol–water partition coefficient (Wildman–Crippen LogP) is 5.01. The molecular formula is C24H24N2O2S. The summed E-state index contributed by atoms with van der Waals surface area (Å²) in [5, 5.41) is 7.68. The van der Waals surface area contributed by atoms with Gasteiger partial charge in [-0.25, -0.2) is 0 Å². The van der Waals surface area contributed by atoms with Crippen molar-refractivity contribution >= 4 is 29.2 Å². The van der Waals surface area contributed by atoms with Gasteiger partial charge in [-0.1, -0.05) is 53.6 Å². The number of hydrogen-bond donors (Lipinski definition) is 2. The molecule has 0 aliphatic carbocycles. The van der Waals surface area contributed by atoms with Crippen molar-refractivity contribution in [3.05, 3.63) is 98.9 Å². The molecule has 0 radical (unpaired) electrons. The Morgan fingerprint density at radius 2 is 1.55 bits per heavy atom. The van der Waals surface area contributed by atoms with Crippen molar-refractivity contribution in [3.8, 4) is 0 Å². The van der Waals surface area contributed by atoms with E-state index in [1.54, 1.807) is 18.2 Å². The minimum Gasteiger partial charge on any atom is -0.344 e. The molecule has 1 atom stereocenters. The number of thiophene rings is 1. The highest BCUT2D eigenvalue weighted by Gasteiger charge is 2.17. The van der Waals surface area contributed by atoms with E-state index < -0.39 is 0 Å². The maximum Gasteiger partial charge on any atom is 0.268 e. The van der Waals surface area contributed by atoms with E-state index in [0.717, 1.165) is 21.6 Å². The molecule has 0 spiro atoms. The summed E-state index contributed by atoms with van der Waals surface area (Å²) in [5.41, 5.74) is 3.96. The van der Waals surface area contributed by atoms with Crippen LogP contribution in [-0.4, -0.2) is 11.8 Å². The highest BCUT2D eigenvalue weighted by molar-refractivity contribution is 7.10. The largest absolute Gasteiger partial charge is 0.344 e. The van der Waals surface area contributed by atoms with Gasteiger partial charge in [0.15, 0.2) is 0 Å². The van der Waals surface area contributed by atoms with Crippen LogP contribution in [0.1, 0.15) is 44.9 Å². The van der Waals surface area contributed by atoms with E-state index in [2.05, 4.69) is 10.6 Å². The van der Waals surface area contributed by atoms with Crippen molar-refractivity contribution in [2.24, 2.45) is 0 Å². The first-order chi connectivity index (χ1) is 13.9. The number of rotatable bonds is 6. The highest BCUT2D eigenvalue weighted by Crippen LogP contribution is 2.16. The molecule has 3 rings (SSSR count). The summed E-state index contributed by atoms with van der Waals surface area (Å²) in [6.45, 7) is 5.91. The van der Waals surface area contributed by atoms with Gasteiger partial charge in [-0.2, -0.15) is 0 Å². The zero-order valence-corrected chi connectivity index (χ0v) is 17.5. The molecular weight excluding hydrogens is 380 g/mol. The van der Waals surface area contributed by atoms with Crippen LogP contribution >= 0.6 is 11.3 Å². The lowest BCUT2D eigenvalue weighted by atomic mass is 10.1. The van der Waals surface area contributed by atoms with E-state index in [9.17, 15) is 9.59 Å². The third kappa shape index (κ3) is 5.65. The molecule has 3 aromatic rings. The number of benzene rings is 2. The Bertz CT molecular complexity index is 1000. The Hall–Kier alpha value is -3.18. The average molecular weight is 405 g/mol. The van der Waals surface area contributed by atoms with Crippen molar-refractivity contribution in [1.29, 1.82) is 0 Å². The zero-order valence-electron chi connectivity index (χ0n) is 16.7. The fourth-order valence-electron chi connectivity index (χ4n) is 2.79. The third-order valence-electron chi connectivity index (χ3n) is 4.56. The molecule has 5 heteroatoms. The first-order valence-electron chi connectivity index (χ1n) is 9.43. The smallest absolute Gasteiger partial charge is 0.268 e. The van der Waals surface area contributed by atoms with Crippen LogP contribution in [0, 0.1) is 13.8 Å². The van der Waals surface area contributed by atoms with Gasteiger partial charge in [0.05, 0.1) is 6.04 Å². The molecule has 0 aliphatic rings. The molecule has 1 heterocycles. The lowest BCUT2D eigenvalue weighted by Gasteiger charge is -2.17. The highest BCUT2D eigenvalue weighted by atomic mass is 32.1. The molecule has 2 amide bonds. The second-order valence-corrected chi connectivity index (χ2v) is 7.98. The lowest BCUT2D eigenvalue weighted by Crippen LogP contribution is -2.36. The van der Waals surface area contributed by atoms with Gasteiger partial charge >= 0.3 is 0 Å². The van der Waals surface area contributed by atoms with Gasteiger partial charge in [0, 0.05) is 10.4 Å². The first kappa shape index (κ1) is 20.6. The van der Waals surface area contributed by atoms with E-state index >= 15 is 0 Å². The maximum atomic E-state index is 13.0. The van der Waals surface area contributed by atoms with Crippen LogP contribution in [0.15, 0.2) is 71.7 Å². The molecule has 0 fully saturated rings. The molecule has 2 aromatic carbocycles. The number of carbonyl (C=O) groups excluding carboxylic acids is 2. The number of hydrogen-bond acceptors (Lipinski definition) is 3. The van der Waals surface area contributed by atoms with Gasteiger partial charge in [-0.3, -0.25) is 9.59 Å². The fraction of sp³-hybridized carbons (Fsp3) is 0.167. The molecule has 0 bridgehead atoms. The van der Waals surface area contributed by atoms with Gasteiger partial charge in [-0.05, 0) is 56.0 Å². The van der Waals surface area contributed by atoms with Crippen LogP contribution in [0.5, 0.6) is 0 Å². The van der Waals surface area contributed by atoms with E-state index in [4.69, 9.17) is 0 Å². The fourth-order valence-corrected chi connectivity index (χ4v) is 3.44. The van der Waals surface area contributed by atoms with E-state index in [0.29, 0.717) is 5.56 Å². The number of carbonyl (C=O) groups is 2. The second kappa shape index (κ2) is 9.34. The summed E-state index contributed by atoms with van der Waals surface area (Å²) in [6.07, 6.45) is 1.70. The third-order valence-corrected chi connectivity index (χ3v) is 5.38. The van der Waals surface area contributed by atoms with Gasteiger partial charge in [0.25, 0.3) is 11.8 Å². The quantitative estimate of drug-likeness (QED) is 0.567. The molecule has 1 aromatic heterocycles. The van der Waals surface area contributed by atoms with Crippen LogP contribution < -0.4 is 10.6 Å². The monoisotopic (exact) mass is 404 g/mol. The minimum absolute atomic E-state index is 0.189. The van der Waals surface area contributed by atoms with E-state index in [1.165, 1.54) is 11.3 Å². The molecule has 2 N–H and O–H groups in total. The van der Waals surface area contributed by atoms with E-state index in [1.807, 2.05) is 74.7 Å². The normalized spacial score (nSPS) is 12.3. The van der Waals surface area contributed by atoms with Crippen molar-refractivity contribution in [1.82, 2.24) is 10.6 Å². The molecule has 148 valence electrons. The summed E-state index contributed by atoms with van der Waals surface area (Å²) in [6, 6.07) is 18.9. The summed E-state index contributed by atoms with van der Waals surface area (Å²) in [7, 11) is 0. The number of amides is 2. The lowest BCUT2D eigenvalue weighted by molar-refractivity contribution is -0.118. The second-order valence-electron chi connectivity index (χ2n) is 7.00. The SMILES string of the molecule is Cc1ccc(C(=O)N/C(=C\c2cccs2)C(=O)NC(C)c2ccc(C)cc2)cc1. The van der Waals surface area contributed by atoms with Crippen LogP contribution in [0.2, 0.25) is 0 Å². The van der Waals surface area contributed by atoms with Gasteiger partial charge < -0.3 is 10.6 Å². The molecule has 1 unspecified atom stereocenters. The van der Waals surface area contributed by atoms with Crippen LogP contribution in [-0.2, 0) is 4.79 Å². The van der Waals surface area contributed by atoms with E-state index in [-0.39, 0.29) is 23.6 Å². The summed E-state index contributed by atoms with van der Waals surface area (Å²) >= 11 is 1.50. The minimum atomic E-state index is -0.327. The molecule has 0 saturated carbocycles. The topological polar surface area (TPSA) is 58.2 Å². The van der Waals surface area contributed by atoms with Crippen LogP contribution in [0.25, 0.3) is 6.08 Å². The average Bonchev–Trinajstić information content (AvgIpc) is 3.21.